The standard InChI is InChI=1S/C20H24N2OS/c23-20(22-12-11-15-5-1-2-7-17(15)13-22)14-24-19-10-9-16-6-3-4-8-18(16)21-19/h3-4,6,8-10,15,17H,1-2,5,7,11-14H2/t15-,17+/m0/s1. The van der Waals surface area contributed by atoms with Crippen LogP contribution in [-0.4, -0.2) is 34.6 Å². The van der Waals surface area contributed by atoms with Gasteiger partial charge in [0, 0.05) is 18.5 Å². The van der Waals surface area contributed by atoms with Gasteiger partial charge in [-0.1, -0.05) is 55.3 Å². The molecule has 0 unspecified atom stereocenters. The van der Waals surface area contributed by atoms with Crippen LogP contribution < -0.4 is 0 Å². The van der Waals surface area contributed by atoms with Crippen LogP contribution in [-0.2, 0) is 4.79 Å². The second-order valence-electron chi connectivity index (χ2n) is 7.06. The summed E-state index contributed by atoms with van der Waals surface area (Å²) in [6, 6.07) is 12.2. The van der Waals surface area contributed by atoms with Gasteiger partial charge in [-0.3, -0.25) is 4.79 Å². The van der Waals surface area contributed by atoms with Crippen molar-refractivity contribution in [1.29, 1.82) is 0 Å². The Morgan fingerprint density at radius 1 is 1.08 bits per heavy atom. The molecule has 2 atom stereocenters. The minimum Gasteiger partial charge on any atom is -0.342 e. The third-order valence-corrected chi connectivity index (χ3v) is 6.47. The normalized spacial score (nSPS) is 23.9. The highest BCUT2D eigenvalue weighted by molar-refractivity contribution is 7.99. The molecule has 2 aromatic rings. The molecule has 4 rings (SSSR count). The molecule has 1 amide bonds. The van der Waals surface area contributed by atoms with E-state index in [1.807, 2.05) is 24.3 Å². The van der Waals surface area contributed by atoms with Gasteiger partial charge in [0.15, 0.2) is 0 Å². The third kappa shape index (κ3) is 3.44. The maximum Gasteiger partial charge on any atom is 0.232 e. The molecule has 1 aliphatic carbocycles. The highest BCUT2D eigenvalue weighted by Gasteiger charge is 2.32. The first-order valence-electron chi connectivity index (χ1n) is 9.06. The van der Waals surface area contributed by atoms with Crippen molar-refractivity contribution in [2.45, 2.75) is 37.1 Å². The number of carbonyl (C=O) groups is 1. The fourth-order valence-electron chi connectivity index (χ4n) is 4.18. The summed E-state index contributed by atoms with van der Waals surface area (Å²) in [7, 11) is 0. The van der Waals surface area contributed by atoms with Crippen molar-refractivity contribution in [2.75, 3.05) is 18.8 Å². The maximum absolute atomic E-state index is 12.6. The summed E-state index contributed by atoms with van der Waals surface area (Å²) < 4.78 is 0. The van der Waals surface area contributed by atoms with E-state index in [0.717, 1.165) is 40.9 Å². The fourth-order valence-corrected chi connectivity index (χ4v) is 4.96. The van der Waals surface area contributed by atoms with Crippen LogP contribution in [0.25, 0.3) is 10.9 Å². The zero-order valence-electron chi connectivity index (χ0n) is 14.0. The monoisotopic (exact) mass is 340 g/mol. The Morgan fingerprint density at radius 2 is 1.92 bits per heavy atom. The van der Waals surface area contributed by atoms with E-state index in [-0.39, 0.29) is 5.91 Å². The quantitative estimate of drug-likeness (QED) is 0.778. The summed E-state index contributed by atoms with van der Waals surface area (Å²) in [5.41, 5.74) is 0.998. The molecule has 24 heavy (non-hydrogen) atoms. The molecule has 3 nitrogen and oxygen atoms in total. The Labute approximate surface area is 147 Å². The zero-order valence-corrected chi connectivity index (χ0v) is 14.8. The second-order valence-corrected chi connectivity index (χ2v) is 8.06. The Bertz CT molecular complexity index is 732. The number of para-hydroxylation sites is 1. The van der Waals surface area contributed by atoms with Crippen LogP contribution in [0.3, 0.4) is 0 Å². The molecular formula is C20H24N2OS. The average molecular weight is 340 g/mol. The summed E-state index contributed by atoms with van der Waals surface area (Å²) >= 11 is 1.56. The summed E-state index contributed by atoms with van der Waals surface area (Å²) in [5, 5.41) is 2.09. The van der Waals surface area contributed by atoms with E-state index >= 15 is 0 Å². The first kappa shape index (κ1) is 15.9. The summed E-state index contributed by atoms with van der Waals surface area (Å²) in [6.07, 6.45) is 6.63. The van der Waals surface area contributed by atoms with Crippen molar-refractivity contribution in [1.82, 2.24) is 9.88 Å². The SMILES string of the molecule is O=C(CSc1ccc2ccccc2n1)N1CC[C@@H]2CCCC[C@@H]2C1. The number of hydrogen-bond acceptors (Lipinski definition) is 3. The number of pyridine rings is 1. The third-order valence-electron chi connectivity index (χ3n) is 5.56. The van der Waals surface area contributed by atoms with Crippen molar-refractivity contribution >= 4 is 28.6 Å². The maximum atomic E-state index is 12.6. The van der Waals surface area contributed by atoms with Gasteiger partial charge in [-0.2, -0.15) is 0 Å². The van der Waals surface area contributed by atoms with Crippen LogP contribution in [0.1, 0.15) is 32.1 Å². The smallest absolute Gasteiger partial charge is 0.232 e. The molecule has 0 radical (unpaired) electrons. The van der Waals surface area contributed by atoms with E-state index in [2.05, 4.69) is 22.0 Å². The van der Waals surface area contributed by atoms with Gasteiger partial charge in [0.05, 0.1) is 16.3 Å². The highest BCUT2D eigenvalue weighted by atomic mass is 32.2. The Kier molecular flexibility index (Phi) is 4.74. The van der Waals surface area contributed by atoms with Gasteiger partial charge in [-0.15, -0.1) is 0 Å². The van der Waals surface area contributed by atoms with Gasteiger partial charge in [0.2, 0.25) is 5.91 Å². The van der Waals surface area contributed by atoms with Crippen LogP contribution in [0.5, 0.6) is 0 Å². The van der Waals surface area contributed by atoms with E-state index < -0.39 is 0 Å². The van der Waals surface area contributed by atoms with Gasteiger partial charge in [-0.05, 0) is 36.8 Å². The lowest BCUT2D eigenvalue weighted by molar-refractivity contribution is -0.131. The van der Waals surface area contributed by atoms with Crippen molar-refractivity contribution in [3.63, 3.8) is 0 Å². The van der Waals surface area contributed by atoms with E-state index in [1.54, 1.807) is 11.8 Å². The molecule has 0 N–H and O–H groups in total. The van der Waals surface area contributed by atoms with E-state index in [4.69, 9.17) is 0 Å². The predicted molar refractivity (Wildman–Crippen MR) is 99.1 cm³/mol. The molecule has 1 saturated heterocycles. The first-order chi connectivity index (χ1) is 11.8. The molecule has 4 heteroatoms. The lowest BCUT2D eigenvalue weighted by atomic mass is 9.75. The molecule has 1 aliphatic heterocycles. The lowest BCUT2D eigenvalue weighted by Gasteiger charge is -2.41. The van der Waals surface area contributed by atoms with Crippen molar-refractivity contribution < 1.29 is 4.79 Å². The number of nitrogens with zero attached hydrogens (tertiary/aromatic N) is 2. The Morgan fingerprint density at radius 3 is 2.83 bits per heavy atom. The summed E-state index contributed by atoms with van der Waals surface area (Å²) in [4.78, 5) is 19.3. The van der Waals surface area contributed by atoms with Crippen LogP contribution >= 0.6 is 11.8 Å². The van der Waals surface area contributed by atoms with E-state index in [9.17, 15) is 4.79 Å². The van der Waals surface area contributed by atoms with Crippen molar-refractivity contribution in [3.05, 3.63) is 36.4 Å². The number of benzene rings is 1. The van der Waals surface area contributed by atoms with Gasteiger partial charge >= 0.3 is 0 Å². The van der Waals surface area contributed by atoms with Crippen LogP contribution in [0.2, 0.25) is 0 Å². The number of piperidine rings is 1. The fraction of sp³-hybridized carbons (Fsp3) is 0.500. The number of carbonyl (C=O) groups excluding carboxylic acids is 1. The van der Waals surface area contributed by atoms with Crippen LogP contribution in [0.4, 0.5) is 0 Å². The first-order valence-corrected chi connectivity index (χ1v) is 10.0. The molecule has 0 bridgehead atoms. The summed E-state index contributed by atoms with van der Waals surface area (Å²) in [5.74, 6) is 2.40. The number of thioether (sulfide) groups is 1. The number of aromatic nitrogens is 1. The molecule has 2 heterocycles. The molecule has 1 aromatic carbocycles. The van der Waals surface area contributed by atoms with Crippen molar-refractivity contribution in [3.8, 4) is 0 Å². The molecule has 2 aliphatic rings. The number of amides is 1. The molecule has 1 aromatic heterocycles. The van der Waals surface area contributed by atoms with E-state index in [1.165, 1.54) is 32.1 Å². The largest absolute Gasteiger partial charge is 0.342 e. The van der Waals surface area contributed by atoms with Crippen molar-refractivity contribution in [2.24, 2.45) is 11.8 Å². The Hall–Kier alpha value is -1.55. The van der Waals surface area contributed by atoms with Gasteiger partial charge in [0.1, 0.15) is 0 Å². The molecular weight excluding hydrogens is 316 g/mol. The van der Waals surface area contributed by atoms with Crippen LogP contribution in [0, 0.1) is 11.8 Å². The molecule has 126 valence electrons. The topological polar surface area (TPSA) is 33.2 Å². The zero-order chi connectivity index (χ0) is 16.4. The number of fused-ring (bicyclic) bond motifs is 2. The number of likely N-dealkylation sites (tertiary alicyclic amines) is 1. The highest BCUT2D eigenvalue weighted by Crippen LogP contribution is 2.36. The number of hydrogen-bond donors (Lipinski definition) is 0. The number of rotatable bonds is 3. The minimum atomic E-state index is 0.277. The van der Waals surface area contributed by atoms with Crippen LogP contribution in [0.15, 0.2) is 41.4 Å². The lowest BCUT2D eigenvalue weighted by Crippen LogP contribution is -2.45. The van der Waals surface area contributed by atoms with Gasteiger partial charge < -0.3 is 4.90 Å². The molecule has 0 spiro atoms. The summed E-state index contributed by atoms with van der Waals surface area (Å²) in [6.45, 7) is 1.93. The minimum absolute atomic E-state index is 0.277. The molecule has 2 fully saturated rings. The molecule has 1 saturated carbocycles. The van der Waals surface area contributed by atoms with Gasteiger partial charge in [0.25, 0.3) is 0 Å². The van der Waals surface area contributed by atoms with E-state index in [0.29, 0.717) is 5.75 Å². The van der Waals surface area contributed by atoms with Gasteiger partial charge in [-0.25, -0.2) is 4.98 Å². The second kappa shape index (κ2) is 7.14. The average Bonchev–Trinajstić information content (AvgIpc) is 2.65. The Balaban J connectivity index is 1.35. The predicted octanol–water partition coefficient (Wildman–Crippen LogP) is 4.37.